The van der Waals surface area contributed by atoms with Crippen molar-refractivity contribution in [3.8, 4) is 0 Å². The van der Waals surface area contributed by atoms with Crippen molar-refractivity contribution in [3.05, 3.63) is 95.5 Å². The molecule has 0 fully saturated rings. The predicted octanol–water partition coefficient (Wildman–Crippen LogP) is 4.70. The highest BCUT2D eigenvalue weighted by molar-refractivity contribution is 7.76. The van der Waals surface area contributed by atoms with Gasteiger partial charge in [0.1, 0.15) is 0 Å². The Morgan fingerprint density at radius 3 is 1.71 bits per heavy atom. The van der Waals surface area contributed by atoms with Crippen molar-refractivity contribution in [1.82, 2.24) is 4.67 Å². The highest BCUT2D eigenvalue weighted by atomic mass is 35.5. The van der Waals surface area contributed by atoms with Gasteiger partial charge in [0.2, 0.25) is 7.29 Å². The van der Waals surface area contributed by atoms with Gasteiger partial charge < -0.3 is 0 Å². The second-order valence-corrected chi connectivity index (χ2v) is 8.99. The number of benzene rings is 3. The average Bonchev–Trinajstić information content (AvgIpc) is 2.64. The van der Waals surface area contributed by atoms with Gasteiger partial charge >= 0.3 is 0 Å². The van der Waals surface area contributed by atoms with Crippen molar-refractivity contribution in [2.75, 3.05) is 7.05 Å². The summed E-state index contributed by atoms with van der Waals surface area (Å²) in [6.07, 6.45) is 0. The molecule has 0 unspecified atom stereocenters. The molecule has 0 radical (unpaired) electrons. The highest BCUT2D eigenvalue weighted by Crippen LogP contribution is 2.47. The molecule has 0 bridgehead atoms. The number of rotatable bonds is 5. The zero-order valence-corrected chi connectivity index (χ0v) is 15.1. The summed E-state index contributed by atoms with van der Waals surface area (Å²) in [4.78, 5) is 0. The molecule has 0 heterocycles. The topological polar surface area (TPSA) is 20.3 Å². The van der Waals surface area contributed by atoms with Crippen LogP contribution in [0.3, 0.4) is 0 Å². The Kier molecular flexibility index (Phi) is 5.20. The van der Waals surface area contributed by atoms with Crippen molar-refractivity contribution in [1.29, 1.82) is 0 Å². The SMILES string of the molecule is CN(Cc1ccc(Cl)cc1)P(=O)(c1ccccc1)c1ccccc1. The van der Waals surface area contributed by atoms with Crippen LogP contribution in [-0.2, 0) is 11.1 Å². The Morgan fingerprint density at radius 2 is 1.25 bits per heavy atom. The summed E-state index contributed by atoms with van der Waals surface area (Å²) in [5.41, 5.74) is 1.08. The van der Waals surface area contributed by atoms with Gasteiger partial charge in [0.25, 0.3) is 0 Å². The number of hydrogen-bond donors (Lipinski definition) is 0. The average molecular weight is 356 g/mol. The maximum absolute atomic E-state index is 14.1. The van der Waals surface area contributed by atoms with E-state index >= 15 is 0 Å². The lowest BCUT2D eigenvalue weighted by molar-refractivity contribution is 0.481. The van der Waals surface area contributed by atoms with Crippen molar-refractivity contribution in [3.63, 3.8) is 0 Å². The molecule has 0 saturated heterocycles. The van der Waals surface area contributed by atoms with Gasteiger partial charge in [-0.1, -0.05) is 60.1 Å². The molecule has 3 aromatic rings. The molecule has 0 aliphatic rings. The first kappa shape index (κ1) is 17.0. The van der Waals surface area contributed by atoms with Crippen molar-refractivity contribution >= 4 is 29.5 Å². The minimum atomic E-state index is -2.89. The Morgan fingerprint density at radius 1 is 0.792 bits per heavy atom. The van der Waals surface area contributed by atoms with Gasteiger partial charge in [0, 0.05) is 22.2 Å². The monoisotopic (exact) mass is 355 g/mol. The van der Waals surface area contributed by atoms with Crippen LogP contribution in [0.5, 0.6) is 0 Å². The number of hydrogen-bond acceptors (Lipinski definition) is 1. The molecule has 3 aromatic carbocycles. The van der Waals surface area contributed by atoms with Gasteiger partial charge in [0.15, 0.2) is 0 Å². The largest absolute Gasteiger partial charge is 0.296 e. The molecular weight excluding hydrogens is 337 g/mol. The molecule has 24 heavy (non-hydrogen) atoms. The Hall–Kier alpha value is -1.86. The van der Waals surface area contributed by atoms with E-state index in [1.807, 2.05) is 96.6 Å². The van der Waals surface area contributed by atoms with E-state index in [0.717, 1.165) is 16.2 Å². The van der Waals surface area contributed by atoms with Crippen LogP contribution < -0.4 is 10.6 Å². The van der Waals surface area contributed by atoms with Gasteiger partial charge in [-0.2, -0.15) is 0 Å². The van der Waals surface area contributed by atoms with E-state index in [1.54, 1.807) is 0 Å². The summed E-state index contributed by atoms with van der Waals surface area (Å²) in [6.45, 7) is 0.582. The molecule has 2 nitrogen and oxygen atoms in total. The van der Waals surface area contributed by atoms with E-state index in [4.69, 9.17) is 11.6 Å². The first-order valence-corrected chi connectivity index (χ1v) is 9.82. The minimum Gasteiger partial charge on any atom is -0.296 e. The normalized spacial score (nSPS) is 11.6. The summed E-state index contributed by atoms with van der Waals surface area (Å²) in [6, 6.07) is 27.0. The number of nitrogens with zero attached hydrogens (tertiary/aromatic N) is 1. The molecule has 0 atom stereocenters. The third-order valence-corrected chi connectivity index (χ3v) is 7.37. The fourth-order valence-corrected chi connectivity index (χ4v) is 5.48. The lowest BCUT2D eigenvalue weighted by atomic mass is 10.2. The second-order valence-electron chi connectivity index (χ2n) is 5.69. The van der Waals surface area contributed by atoms with Crippen molar-refractivity contribution in [2.45, 2.75) is 6.54 Å². The summed E-state index contributed by atoms with van der Waals surface area (Å²) in [7, 11) is -0.980. The van der Waals surface area contributed by atoms with Crippen LogP contribution in [0.15, 0.2) is 84.9 Å². The Balaban J connectivity index is 2.02. The maximum atomic E-state index is 14.1. The molecule has 0 aliphatic heterocycles. The molecule has 0 aromatic heterocycles. The van der Waals surface area contributed by atoms with E-state index in [9.17, 15) is 4.57 Å². The molecular formula is C20H19ClNOP. The van der Waals surface area contributed by atoms with Gasteiger partial charge in [-0.25, -0.2) is 4.67 Å². The van der Waals surface area contributed by atoms with Crippen molar-refractivity contribution in [2.24, 2.45) is 0 Å². The van der Waals surface area contributed by atoms with Crippen LogP contribution in [0.25, 0.3) is 0 Å². The van der Waals surface area contributed by atoms with Crippen LogP contribution in [0.4, 0.5) is 0 Å². The van der Waals surface area contributed by atoms with Crippen LogP contribution in [0.1, 0.15) is 5.56 Å². The molecule has 0 saturated carbocycles. The van der Waals surface area contributed by atoms with Gasteiger partial charge in [-0.05, 0) is 49.0 Å². The summed E-state index contributed by atoms with van der Waals surface area (Å²) < 4.78 is 16.0. The molecule has 0 aliphatic carbocycles. The fraction of sp³-hybridized carbons (Fsp3) is 0.100. The van der Waals surface area contributed by atoms with Gasteiger partial charge in [-0.3, -0.25) is 4.57 Å². The molecule has 0 amide bonds. The third kappa shape index (κ3) is 3.47. The van der Waals surface area contributed by atoms with E-state index in [-0.39, 0.29) is 0 Å². The summed E-state index contributed by atoms with van der Waals surface area (Å²) in [5, 5.41) is 2.39. The first-order valence-electron chi connectivity index (χ1n) is 7.78. The quantitative estimate of drug-likeness (QED) is 0.618. The fourth-order valence-electron chi connectivity index (χ4n) is 2.76. The van der Waals surface area contributed by atoms with E-state index in [0.29, 0.717) is 11.6 Å². The molecule has 0 N–H and O–H groups in total. The zero-order chi connectivity index (χ0) is 17.0. The van der Waals surface area contributed by atoms with Gasteiger partial charge in [0.05, 0.1) is 0 Å². The van der Waals surface area contributed by atoms with Crippen LogP contribution in [0.2, 0.25) is 5.02 Å². The molecule has 4 heteroatoms. The highest BCUT2D eigenvalue weighted by Gasteiger charge is 2.31. The minimum absolute atomic E-state index is 0.582. The van der Waals surface area contributed by atoms with E-state index in [2.05, 4.69) is 0 Å². The lowest BCUT2D eigenvalue weighted by Crippen LogP contribution is -2.29. The van der Waals surface area contributed by atoms with E-state index < -0.39 is 7.29 Å². The second kappa shape index (κ2) is 7.36. The molecule has 0 spiro atoms. The van der Waals surface area contributed by atoms with Crippen LogP contribution >= 0.6 is 18.9 Å². The third-order valence-electron chi connectivity index (χ3n) is 4.02. The molecule has 122 valence electrons. The zero-order valence-electron chi connectivity index (χ0n) is 13.5. The van der Waals surface area contributed by atoms with E-state index in [1.165, 1.54) is 0 Å². The molecule has 3 rings (SSSR count). The van der Waals surface area contributed by atoms with Crippen LogP contribution in [-0.4, -0.2) is 11.7 Å². The standard InChI is InChI=1S/C20H19ClNOP/c1-22(16-17-12-14-18(21)15-13-17)24(23,19-8-4-2-5-9-19)20-10-6-3-7-11-20/h2-15H,16H2,1H3. The van der Waals surface area contributed by atoms with Crippen LogP contribution in [0, 0.1) is 0 Å². The maximum Gasteiger partial charge on any atom is 0.207 e. The van der Waals surface area contributed by atoms with Gasteiger partial charge in [-0.15, -0.1) is 0 Å². The Labute approximate surface area is 148 Å². The smallest absolute Gasteiger partial charge is 0.207 e. The first-order chi connectivity index (χ1) is 11.6. The summed E-state index contributed by atoms with van der Waals surface area (Å²) in [5.74, 6) is 0. The lowest BCUT2D eigenvalue weighted by Gasteiger charge is -2.29. The van der Waals surface area contributed by atoms with Crippen molar-refractivity contribution < 1.29 is 4.57 Å². The number of halogens is 1. The Bertz CT molecular complexity index is 791. The summed E-state index contributed by atoms with van der Waals surface area (Å²) >= 11 is 5.96. The predicted molar refractivity (Wildman–Crippen MR) is 103 cm³/mol.